The SMILES string of the molecule is CCC(CC)N(CCBr)S(=O)(=O)c1ccc(Br)cc1Cl. The molecule has 0 saturated carbocycles. The van der Waals surface area contributed by atoms with E-state index in [2.05, 4.69) is 31.9 Å². The van der Waals surface area contributed by atoms with Gasteiger partial charge in [-0.1, -0.05) is 57.3 Å². The van der Waals surface area contributed by atoms with Gasteiger partial charge in [-0.15, -0.1) is 0 Å². The van der Waals surface area contributed by atoms with E-state index in [1.54, 1.807) is 18.2 Å². The fraction of sp³-hybridized carbons (Fsp3) is 0.538. The van der Waals surface area contributed by atoms with Crippen molar-refractivity contribution >= 4 is 53.5 Å². The molecule has 114 valence electrons. The zero-order valence-electron chi connectivity index (χ0n) is 11.4. The van der Waals surface area contributed by atoms with Crippen LogP contribution in [0, 0.1) is 0 Å². The minimum Gasteiger partial charge on any atom is -0.207 e. The number of alkyl halides is 1. The summed E-state index contributed by atoms with van der Waals surface area (Å²) < 4.78 is 27.9. The largest absolute Gasteiger partial charge is 0.244 e. The van der Waals surface area contributed by atoms with E-state index < -0.39 is 10.0 Å². The van der Waals surface area contributed by atoms with Gasteiger partial charge in [0.15, 0.2) is 0 Å². The van der Waals surface area contributed by atoms with Gasteiger partial charge >= 0.3 is 0 Å². The van der Waals surface area contributed by atoms with Gasteiger partial charge in [0.05, 0.1) is 5.02 Å². The highest BCUT2D eigenvalue weighted by Crippen LogP contribution is 2.29. The van der Waals surface area contributed by atoms with Crippen LogP contribution in [-0.4, -0.2) is 30.6 Å². The van der Waals surface area contributed by atoms with E-state index in [4.69, 9.17) is 11.6 Å². The van der Waals surface area contributed by atoms with E-state index in [9.17, 15) is 8.42 Å². The summed E-state index contributed by atoms with van der Waals surface area (Å²) in [5, 5.41) is 0.835. The van der Waals surface area contributed by atoms with E-state index >= 15 is 0 Å². The Balaban J connectivity index is 3.28. The normalized spacial score (nSPS) is 12.3. The van der Waals surface area contributed by atoms with Crippen molar-refractivity contribution < 1.29 is 8.42 Å². The summed E-state index contributed by atoms with van der Waals surface area (Å²) in [6.07, 6.45) is 1.55. The quantitative estimate of drug-likeness (QED) is 0.570. The molecule has 0 spiro atoms. The van der Waals surface area contributed by atoms with Gasteiger partial charge in [-0.05, 0) is 31.0 Å². The third kappa shape index (κ3) is 4.19. The first kappa shape index (κ1) is 18.4. The van der Waals surface area contributed by atoms with Crippen LogP contribution in [-0.2, 0) is 10.0 Å². The van der Waals surface area contributed by atoms with Crippen molar-refractivity contribution in [2.45, 2.75) is 37.6 Å². The molecule has 0 aliphatic rings. The molecule has 0 amide bonds. The molecule has 0 unspecified atom stereocenters. The first-order valence-corrected chi connectivity index (χ1v) is 10.1. The third-order valence-corrected chi connectivity index (χ3v) is 6.42. The minimum atomic E-state index is -3.58. The summed E-state index contributed by atoms with van der Waals surface area (Å²) in [7, 11) is -3.58. The van der Waals surface area contributed by atoms with Gasteiger partial charge in [0.2, 0.25) is 10.0 Å². The molecule has 7 heteroatoms. The van der Waals surface area contributed by atoms with Gasteiger partial charge in [0.25, 0.3) is 0 Å². The van der Waals surface area contributed by atoms with Crippen LogP contribution in [0.25, 0.3) is 0 Å². The smallest absolute Gasteiger partial charge is 0.207 e. The van der Waals surface area contributed by atoms with Crippen LogP contribution in [0.3, 0.4) is 0 Å². The van der Waals surface area contributed by atoms with Crippen molar-refractivity contribution in [1.82, 2.24) is 4.31 Å². The molecule has 0 radical (unpaired) electrons. The first-order chi connectivity index (χ1) is 9.38. The summed E-state index contributed by atoms with van der Waals surface area (Å²) >= 11 is 12.7. The second kappa shape index (κ2) is 8.13. The zero-order chi connectivity index (χ0) is 15.3. The lowest BCUT2D eigenvalue weighted by atomic mass is 10.2. The summed E-state index contributed by atoms with van der Waals surface area (Å²) in [5.41, 5.74) is 0. The Morgan fingerprint density at radius 2 is 1.90 bits per heavy atom. The van der Waals surface area contributed by atoms with Crippen molar-refractivity contribution in [3.63, 3.8) is 0 Å². The summed E-state index contributed by atoms with van der Waals surface area (Å²) in [4.78, 5) is 0.162. The number of hydrogen-bond donors (Lipinski definition) is 0. The predicted molar refractivity (Wildman–Crippen MR) is 91.2 cm³/mol. The molecule has 0 aliphatic heterocycles. The van der Waals surface area contributed by atoms with Gasteiger partial charge in [-0.3, -0.25) is 0 Å². The van der Waals surface area contributed by atoms with Gasteiger partial charge in [0, 0.05) is 22.4 Å². The van der Waals surface area contributed by atoms with E-state index in [1.165, 1.54) is 4.31 Å². The Kier molecular flexibility index (Phi) is 7.49. The standard InChI is InChI=1S/C13H18Br2ClNO2S/c1-3-11(4-2)17(8-7-14)20(18,19)13-6-5-10(15)9-12(13)16/h5-6,9,11H,3-4,7-8H2,1-2H3. The van der Waals surface area contributed by atoms with Crippen molar-refractivity contribution in [2.24, 2.45) is 0 Å². The molecule has 0 atom stereocenters. The Labute approximate surface area is 143 Å². The lowest BCUT2D eigenvalue weighted by Gasteiger charge is -2.29. The summed E-state index contributed by atoms with van der Waals surface area (Å²) in [6, 6.07) is 4.83. The number of halogens is 3. The van der Waals surface area contributed by atoms with Crippen LogP contribution in [0.4, 0.5) is 0 Å². The predicted octanol–water partition coefficient (Wildman–Crippen LogP) is 4.68. The van der Waals surface area contributed by atoms with Crippen LogP contribution >= 0.6 is 43.5 Å². The highest BCUT2D eigenvalue weighted by Gasteiger charge is 2.30. The second-order valence-electron chi connectivity index (χ2n) is 4.35. The minimum absolute atomic E-state index is 0.0164. The number of rotatable bonds is 7. The highest BCUT2D eigenvalue weighted by atomic mass is 79.9. The maximum absolute atomic E-state index is 12.8. The topological polar surface area (TPSA) is 37.4 Å². The van der Waals surface area contributed by atoms with E-state index in [1.807, 2.05) is 13.8 Å². The summed E-state index contributed by atoms with van der Waals surface area (Å²) in [6.45, 7) is 4.42. The second-order valence-corrected chi connectivity index (χ2v) is 8.32. The molecule has 20 heavy (non-hydrogen) atoms. The molecule has 0 fully saturated rings. The molecular formula is C13H18Br2ClNO2S. The van der Waals surface area contributed by atoms with Crippen LogP contribution in [0.15, 0.2) is 27.6 Å². The third-order valence-electron chi connectivity index (χ3n) is 3.14. The van der Waals surface area contributed by atoms with E-state index in [0.29, 0.717) is 11.9 Å². The van der Waals surface area contributed by atoms with Gasteiger partial charge in [-0.25, -0.2) is 8.42 Å². The fourth-order valence-electron chi connectivity index (χ4n) is 2.09. The molecule has 1 rings (SSSR count). The fourth-order valence-corrected chi connectivity index (χ4v) is 5.49. The first-order valence-electron chi connectivity index (χ1n) is 6.41. The van der Waals surface area contributed by atoms with Crippen molar-refractivity contribution in [2.75, 3.05) is 11.9 Å². The molecule has 0 N–H and O–H groups in total. The molecule has 3 nitrogen and oxygen atoms in total. The molecule has 0 saturated heterocycles. The summed E-state index contributed by atoms with van der Waals surface area (Å²) in [5.74, 6) is 0. The number of nitrogens with zero attached hydrogens (tertiary/aromatic N) is 1. The average Bonchev–Trinajstić information content (AvgIpc) is 2.38. The Morgan fingerprint density at radius 3 is 2.35 bits per heavy atom. The maximum atomic E-state index is 12.8. The van der Waals surface area contributed by atoms with Crippen molar-refractivity contribution in [1.29, 1.82) is 0 Å². The number of hydrogen-bond acceptors (Lipinski definition) is 2. The van der Waals surface area contributed by atoms with E-state index in [-0.39, 0.29) is 16.0 Å². The lowest BCUT2D eigenvalue weighted by Crippen LogP contribution is -2.41. The van der Waals surface area contributed by atoms with Crippen LogP contribution in [0.1, 0.15) is 26.7 Å². The van der Waals surface area contributed by atoms with Crippen molar-refractivity contribution in [3.05, 3.63) is 27.7 Å². The van der Waals surface area contributed by atoms with Crippen molar-refractivity contribution in [3.8, 4) is 0 Å². The van der Waals surface area contributed by atoms with Gasteiger partial charge < -0.3 is 0 Å². The molecule has 0 heterocycles. The molecule has 0 aromatic heterocycles. The molecule has 1 aromatic carbocycles. The van der Waals surface area contributed by atoms with Crippen LogP contribution in [0.5, 0.6) is 0 Å². The van der Waals surface area contributed by atoms with Gasteiger partial charge in [-0.2, -0.15) is 4.31 Å². The molecular weight excluding hydrogens is 429 g/mol. The molecule has 0 bridgehead atoms. The Bertz CT molecular complexity index is 547. The zero-order valence-corrected chi connectivity index (χ0v) is 16.2. The highest BCUT2D eigenvalue weighted by molar-refractivity contribution is 9.10. The Hall–Kier alpha value is 0.380. The number of benzene rings is 1. The molecule has 1 aromatic rings. The van der Waals surface area contributed by atoms with Crippen LogP contribution in [0.2, 0.25) is 5.02 Å². The van der Waals surface area contributed by atoms with Crippen LogP contribution < -0.4 is 0 Å². The lowest BCUT2D eigenvalue weighted by molar-refractivity contribution is 0.317. The Morgan fingerprint density at radius 1 is 1.30 bits per heavy atom. The van der Waals surface area contributed by atoms with E-state index in [0.717, 1.165) is 17.3 Å². The molecule has 0 aliphatic carbocycles. The maximum Gasteiger partial charge on any atom is 0.244 e. The van der Waals surface area contributed by atoms with Gasteiger partial charge in [0.1, 0.15) is 4.90 Å². The number of sulfonamides is 1. The average molecular weight is 448 g/mol. The monoisotopic (exact) mass is 445 g/mol.